The molecule has 0 amide bonds. The lowest BCUT2D eigenvalue weighted by Crippen LogP contribution is -2.07. The zero-order valence-corrected chi connectivity index (χ0v) is 10.7. The quantitative estimate of drug-likeness (QED) is 0.622. The minimum atomic E-state index is -0.460. The van der Waals surface area contributed by atoms with E-state index in [1.54, 1.807) is 6.07 Å². The number of hydrogen-bond acceptors (Lipinski definition) is 3. The molecule has 3 nitrogen and oxygen atoms in total. The van der Waals surface area contributed by atoms with Crippen molar-refractivity contribution in [1.29, 1.82) is 5.26 Å². The Morgan fingerprint density at radius 3 is 2.73 bits per heavy atom. The van der Waals surface area contributed by atoms with Gasteiger partial charge >= 0.3 is 5.97 Å². The van der Waals surface area contributed by atoms with Crippen LogP contribution in [0, 0.1) is 14.9 Å². The molecular formula is C11H10INO2. The monoisotopic (exact) mass is 315 g/mol. The minimum Gasteiger partial charge on any atom is -0.465 e. The highest BCUT2D eigenvalue weighted by Gasteiger charge is 2.16. The van der Waals surface area contributed by atoms with Gasteiger partial charge < -0.3 is 4.74 Å². The Labute approximate surface area is 102 Å². The lowest BCUT2D eigenvalue weighted by Gasteiger charge is -2.07. The molecule has 0 bridgehead atoms. The summed E-state index contributed by atoms with van der Waals surface area (Å²) in [6.07, 6.45) is 0.839. The molecule has 0 aliphatic heterocycles. The molecule has 0 saturated heterocycles. The number of carbonyl (C=O) groups is 1. The van der Waals surface area contributed by atoms with Crippen LogP contribution in [0.25, 0.3) is 0 Å². The van der Waals surface area contributed by atoms with Crippen LogP contribution in [0.4, 0.5) is 0 Å². The Kier molecular flexibility index (Phi) is 4.09. The molecule has 0 spiro atoms. The first-order valence-corrected chi connectivity index (χ1v) is 5.52. The molecular weight excluding hydrogens is 305 g/mol. The van der Waals surface area contributed by atoms with Gasteiger partial charge in [-0.05, 0) is 46.7 Å². The number of ether oxygens (including phenoxy) is 1. The van der Waals surface area contributed by atoms with E-state index in [1.807, 2.05) is 41.7 Å². The van der Waals surface area contributed by atoms with E-state index in [9.17, 15) is 4.79 Å². The van der Waals surface area contributed by atoms with Gasteiger partial charge in [-0.15, -0.1) is 0 Å². The zero-order valence-electron chi connectivity index (χ0n) is 8.50. The van der Waals surface area contributed by atoms with Crippen LogP contribution in [-0.2, 0) is 11.2 Å². The van der Waals surface area contributed by atoms with Gasteiger partial charge in [0.15, 0.2) is 0 Å². The average molecular weight is 315 g/mol. The Balaban J connectivity index is 3.39. The third kappa shape index (κ3) is 2.48. The summed E-state index contributed by atoms with van der Waals surface area (Å²) in [5.74, 6) is -0.460. The number of rotatable bonds is 2. The number of aryl methyl sites for hydroxylation is 1. The lowest BCUT2D eigenvalue weighted by atomic mass is 10.0. The van der Waals surface area contributed by atoms with Crippen molar-refractivity contribution in [3.8, 4) is 6.07 Å². The standard InChI is InChI=1S/C11H10INO2/c1-3-7-4-8(6-13)10(9(12)5-7)11(14)15-2/h4-5H,3H2,1-2H3. The SMILES string of the molecule is CCc1cc(I)c(C(=O)OC)c(C#N)c1. The topological polar surface area (TPSA) is 50.1 Å². The number of carbonyl (C=O) groups excluding carboxylic acids is 1. The summed E-state index contributed by atoms with van der Waals surface area (Å²) in [5, 5.41) is 8.95. The van der Waals surface area contributed by atoms with Crippen LogP contribution in [0.5, 0.6) is 0 Å². The summed E-state index contributed by atoms with van der Waals surface area (Å²) in [5.41, 5.74) is 1.78. The first-order chi connectivity index (χ1) is 7.13. The van der Waals surface area contributed by atoms with E-state index in [0.29, 0.717) is 11.1 Å². The van der Waals surface area contributed by atoms with Crippen molar-refractivity contribution < 1.29 is 9.53 Å². The summed E-state index contributed by atoms with van der Waals surface area (Å²) >= 11 is 2.04. The average Bonchev–Trinajstić information content (AvgIpc) is 2.26. The molecule has 4 heteroatoms. The smallest absolute Gasteiger partial charge is 0.340 e. The van der Waals surface area contributed by atoms with Gasteiger partial charge in [0, 0.05) is 3.57 Å². The number of nitriles is 1. The van der Waals surface area contributed by atoms with E-state index < -0.39 is 5.97 Å². The van der Waals surface area contributed by atoms with E-state index in [4.69, 9.17) is 5.26 Å². The van der Waals surface area contributed by atoms with Gasteiger partial charge in [-0.3, -0.25) is 0 Å². The van der Waals surface area contributed by atoms with Gasteiger partial charge in [0.1, 0.15) is 6.07 Å². The molecule has 0 unspecified atom stereocenters. The molecule has 0 aliphatic rings. The van der Waals surface area contributed by atoms with Crippen LogP contribution in [-0.4, -0.2) is 13.1 Å². The molecule has 78 valence electrons. The van der Waals surface area contributed by atoms with Crippen molar-refractivity contribution >= 4 is 28.6 Å². The highest BCUT2D eigenvalue weighted by molar-refractivity contribution is 14.1. The van der Waals surface area contributed by atoms with Gasteiger partial charge in [0.2, 0.25) is 0 Å². The van der Waals surface area contributed by atoms with E-state index in [-0.39, 0.29) is 0 Å². The van der Waals surface area contributed by atoms with Gasteiger partial charge in [0.25, 0.3) is 0 Å². The van der Waals surface area contributed by atoms with Gasteiger partial charge in [-0.2, -0.15) is 5.26 Å². The molecule has 15 heavy (non-hydrogen) atoms. The van der Waals surface area contributed by atoms with Crippen molar-refractivity contribution in [2.24, 2.45) is 0 Å². The highest BCUT2D eigenvalue weighted by Crippen LogP contribution is 2.20. The molecule has 1 aromatic rings. The molecule has 0 radical (unpaired) electrons. The molecule has 0 N–H and O–H groups in total. The maximum atomic E-state index is 11.4. The zero-order chi connectivity index (χ0) is 11.4. The van der Waals surface area contributed by atoms with Crippen LogP contribution < -0.4 is 0 Å². The predicted octanol–water partition coefficient (Wildman–Crippen LogP) is 2.51. The second-order valence-electron chi connectivity index (χ2n) is 2.96. The molecule has 0 fully saturated rings. The van der Waals surface area contributed by atoms with Crippen molar-refractivity contribution in [3.05, 3.63) is 32.4 Å². The van der Waals surface area contributed by atoms with E-state index in [1.165, 1.54) is 7.11 Å². The Morgan fingerprint density at radius 1 is 1.60 bits per heavy atom. The Hall–Kier alpha value is -1.09. The summed E-state index contributed by atoms with van der Waals surface area (Å²) in [6, 6.07) is 5.65. The third-order valence-corrected chi connectivity index (χ3v) is 2.92. The van der Waals surface area contributed by atoms with E-state index in [0.717, 1.165) is 15.6 Å². The Bertz CT molecular complexity index is 435. The normalized spacial score (nSPS) is 9.47. The summed E-state index contributed by atoms with van der Waals surface area (Å²) in [4.78, 5) is 11.4. The number of methoxy groups -OCH3 is 1. The van der Waals surface area contributed by atoms with Gasteiger partial charge in [-0.25, -0.2) is 4.79 Å². The fourth-order valence-electron chi connectivity index (χ4n) is 1.26. The van der Waals surface area contributed by atoms with E-state index >= 15 is 0 Å². The molecule has 1 aromatic carbocycles. The second kappa shape index (κ2) is 5.12. The number of benzene rings is 1. The maximum Gasteiger partial charge on any atom is 0.340 e. The van der Waals surface area contributed by atoms with Crippen LogP contribution >= 0.6 is 22.6 Å². The van der Waals surface area contributed by atoms with E-state index in [2.05, 4.69) is 4.74 Å². The third-order valence-electron chi connectivity index (χ3n) is 2.07. The number of esters is 1. The number of halogens is 1. The Morgan fingerprint density at radius 2 is 2.27 bits per heavy atom. The fourth-order valence-corrected chi connectivity index (χ4v) is 2.18. The van der Waals surface area contributed by atoms with Crippen molar-refractivity contribution in [2.45, 2.75) is 13.3 Å². The summed E-state index contributed by atoms with van der Waals surface area (Å²) < 4.78 is 5.40. The minimum absolute atomic E-state index is 0.359. The number of hydrogen-bond donors (Lipinski definition) is 0. The van der Waals surface area contributed by atoms with Crippen molar-refractivity contribution in [3.63, 3.8) is 0 Å². The lowest BCUT2D eigenvalue weighted by molar-refractivity contribution is 0.0599. The van der Waals surface area contributed by atoms with Crippen LogP contribution in [0.2, 0.25) is 0 Å². The predicted molar refractivity (Wildman–Crippen MR) is 64.6 cm³/mol. The highest BCUT2D eigenvalue weighted by atomic mass is 127. The van der Waals surface area contributed by atoms with Gasteiger partial charge in [-0.1, -0.05) is 6.92 Å². The fraction of sp³-hybridized carbons (Fsp3) is 0.273. The summed E-state index contributed by atoms with van der Waals surface area (Å²) in [6.45, 7) is 2.00. The number of nitrogens with zero attached hydrogens (tertiary/aromatic N) is 1. The molecule has 0 atom stereocenters. The molecule has 1 rings (SSSR count). The summed E-state index contributed by atoms with van der Waals surface area (Å²) in [7, 11) is 1.31. The molecule has 0 saturated carbocycles. The van der Waals surface area contributed by atoms with Crippen LogP contribution in [0.3, 0.4) is 0 Å². The first kappa shape index (κ1) is 12.0. The largest absolute Gasteiger partial charge is 0.465 e. The molecule has 0 heterocycles. The van der Waals surface area contributed by atoms with Crippen LogP contribution in [0.15, 0.2) is 12.1 Å². The van der Waals surface area contributed by atoms with Crippen molar-refractivity contribution in [2.75, 3.05) is 7.11 Å². The van der Waals surface area contributed by atoms with Gasteiger partial charge in [0.05, 0.1) is 18.2 Å². The maximum absolute atomic E-state index is 11.4. The molecule has 0 aliphatic carbocycles. The molecule has 0 aromatic heterocycles. The van der Waals surface area contributed by atoms with Crippen molar-refractivity contribution in [1.82, 2.24) is 0 Å². The van der Waals surface area contributed by atoms with Crippen LogP contribution in [0.1, 0.15) is 28.4 Å². The first-order valence-electron chi connectivity index (χ1n) is 4.44. The second-order valence-corrected chi connectivity index (χ2v) is 4.12.